The molecular weight excluding hydrogens is 228 g/mol. The first-order valence-electron chi connectivity index (χ1n) is 6.77. The quantitative estimate of drug-likeness (QED) is 0.702. The van der Waals surface area contributed by atoms with Crippen LogP contribution in [0.4, 0.5) is 0 Å². The summed E-state index contributed by atoms with van der Waals surface area (Å²) in [6.45, 7) is 9.58. The average molecular weight is 252 g/mol. The van der Waals surface area contributed by atoms with Crippen molar-refractivity contribution >= 4 is 5.78 Å². The molecule has 0 aromatic carbocycles. The van der Waals surface area contributed by atoms with Crippen LogP contribution in [-0.4, -0.2) is 27.7 Å². The van der Waals surface area contributed by atoms with Crippen LogP contribution in [0.1, 0.15) is 46.5 Å². The van der Waals surface area contributed by atoms with Crippen LogP contribution in [0.25, 0.3) is 0 Å². The zero-order valence-electron chi connectivity index (χ0n) is 11.6. The van der Waals surface area contributed by atoms with Crippen molar-refractivity contribution in [2.75, 3.05) is 0 Å². The van der Waals surface area contributed by atoms with E-state index in [-0.39, 0.29) is 17.6 Å². The zero-order chi connectivity index (χ0) is 13.7. The fourth-order valence-electron chi connectivity index (χ4n) is 3.99. The molecule has 2 rings (SSSR count). The SMILES string of the molecule is C=C(C)C1CC2C(C)(O)CCC(=O)C2(C)CC1O. The molecule has 0 radical (unpaired) electrons. The summed E-state index contributed by atoms with van der Waals surface area (Å²) >= 11 is 0. The lowest BCUT2D eigenvalue weighted by Crippen LogP contribution is -2.58. The van der Waals surface area contributed by atoms with Crippen LogP contribution >= 0.6 is 0 Å². The average Bonchev–Trinajstić information content (AvgIpc) is 2.23. The minimum atomic E-state index is -0.809. The van der Waals surface area contributed by atoms with Crippen LogP contribution in [0.3, 0.4) is 0 Å². The van der Waals surface area contributed by atoms with Crippen LogP contribution in [0.15, 0.2) is 12.2 Å². The third-order valence-corrected chi connectivity index (χ3v) is 5.24. The van der Waals surface area contributed by atoms with Gasteiger partial charge in [-0.25, -0.2) is 0 Å². The van der Waals surface area contributed by atoms with Crippen molar-refractivity contribution in [3.8, 4) is 0 Å². The highest BCUT2D eigenvalue weighted by Crippen LogP contribution is 2.54. The zero-order valence-corrected chi connectivity index (χ0v) is 11.6. The predicted octanol–water partition coefficient (Wildman–Crippen LogP) is 2.07. The van der Waals surface area contributed by atoms with Crippen LogP contribution < -0.4 is 0 Å². The second-order valence-electron chi connectivity index (χ2n) is 6.71. The van der Waals surface area contributed by atoms with Gasteiger partial charge in [0.2, 0.25) is 0 Å². The first kappa shape index (κ1) is 13.8. The van der Waals surface area contributed by atoms with E-state index in [0.29, 0.717) is 25.7 Å². The van der Waals surface area contributed by atoms with Gasteiger partial charge >= 0.3 is 0 Å². The van der Waals surface area contributed by atoms with Gasteiger partial charge in [-0.05, 0) is 33.1 Å². The number of carbonyl (C=O) groups is 1. The summed E-state index contributed by atoms with van der Waals surface area (Å²) in [5.74, 6) is 0.120. The van der Waals surface area contributed by atoms with Gasteiger partial charge in [0.25, 0.3) is 0 Å². The fourth-order valence-corrected chi connectivity index (χ4v) is 3.99. The highest BCUT2D eigenvalue weighted by molar-refractivity contribution is 5.86. The number of carbonyl (C=O) groups excluding carboxylic acids is 1. The van der Waals surface area contributed by atoms with E-state index in [2.05, 4.69) is 6.58 Å². The Labute approximate surface area is 109 Å². The number of hydrogen-bond donors (Lipinski definition) is 2. The van der Waals surface area contributed by atoms with Gasteiger partial charge in [-0.2, -0.15) is 0 Å². The van der Waals surface area contributed by atoms with E-state index in [1.165, 1.54) is 0 Å². The van der Waals surface area contributed by atoms with E-state index in [0.717, 1.165) is 5.57 Å². The third-order valence-electron chi connectivity index (χ3n) is 5.24. The van der Waals surface area contributed by atoms with Gasteiger partial charge in [-0.3, -0.25) is 4.79 Å². The lowest BCUT2D eigenvalue weighted by atomic mass is 9.52. The van der Waals surface area contributed by atoms with Gasteiger partial charge in [0.15, 0.2) is 0 Å². The Morgan fingerprint density at radius 2 is 2.06 bits per heavy atom. The Morgan fingerprint density at radius 3 is 2.61 bits per heavy atom. The maximum absolute atomic E-state index is 12.2. The Balaban J connectivity index is 2.36. The van der Waals surface area contributed by atoms with Crippen molar-refractivity contribution in [2.24, 2.45) is 17.3 Å². The molecule has 2 N–H and O–H groups in total. The minimum absolute atomic E-state index is 0.000417. The molecule has 2 aliphatic rings. The number of fused-ring (bicyclic) bond motifs is 1. The summed E-state index contributed by atoms with van der Waals surface area (Å²) < 4.78 is 0. The molecule has 0 bridgehead atoms. The van der Waals surface area contributed by atoms with Gasteiger partial charge in [0, 0.05) is 23.7 Å². The Kier molecular flexibility index (Phi) is 3.19. The minimum Gasteiger partial charge on any atom is -0.392 e. The van der Waals surface area contributed by atoms with Crippen LogP contribution in [0.2, 0.25) is 0 Å². The lowest BCUT2D eigenvalue weighted by Gasteiger charge is -2.54. The number of aliphatic hydroxyl groups excluding tert-OH is 1. The Morgan fingerprint density at radius 1 is 1.44 bits per heavy atom. The Hall–Kier alpha value is -0.670. The van der Waals surface area contributed by atoms with Crippen molar-refractivity contribution < 1.29 is 15.0 Å². The first-order chi connectivity index (χ1) is 8.18. The molecule has 0 spiro atoms. The molecule has 102 valence electrons. The van der Waals surface area contributed by atoms with Gasteiger partial charge < -0.3 is 10.2 Å². The summed E-state index contributed by atoms with van der Waals surface area (Å²) in [6, 6.07) is 0. The van der Waals surface area contributed by atoms with E-state index in [4.69, 9.17) is 0 Å². The van der Waals surface area contributed by atoms with Crippen LogP contribution in [0, 0.1) is 17.3 Å². The largest absolute Gasteiger partial charge is 0.392 e. The maximum Gasteiger partial charge on any atom is 0.139 e. The molecule has 18 heavy (non-hydrogen) atoms. The molecular formula is C15H24O3. The van der Waals surface area contributed by atoms with Crippen molar-refractivity contribution in [3.05, 3.63) is 12.2 Å². The van der Waals surface area contributed by atoms with Gasteiger partial charge in [0.05, 0.1) is 11.7 Å². The molecule has 0 heterocycles. The fraction of sp³-hybridized carbons (Fsp3) is 0.800. The molecule has 0 amide bonds. The lowest BCUT2D eigenvalue weighted by molar-refractivity contribution is -0.168. The molecule has 2 saturated carbocycles. The number of ketones is 1. The normalized spacial score (nSPS) is 48.7. The molecule has 2 aliphatic carbocycles. The number of rotatable bonds is 1. The second kappa shape index (κ2) is 4.17. The van der Waals surface area contributed by atoms with Crippen LogP contribution in [0.5, 0.6) is 0 Å². The van der Waals surface area contributed by atoms with Crippen molar-refractivity contribution in [3.63, 3.8) is 0 Å². The Bertz CT molecular complexity index is 385. The first-order valence-corrected chi connectivity index (χ1v) is 6.77. The van der Waals surface area contributed by atoms with Gasteiger partial charge in [-0.15, -0.1) is 0 Å². The standard InChI is InChI=1S/C15H24O3/c1-9(2)10-7-12-14(3,8-11(10)16)13(17)5-6-15(12,4)18/h10-12,16,18H,1,5-8H2,2-4H3. The highest BCUT2D eigenvalue weighted by Gasteiger charge is 2.57. The molecule has 3 heteroatoms. The van der Waals surface area contributed by atoms with E-state index >= 15 is 0 Å². The second-order valence-corrected chi connectivity index (χ2v) is 6.71. The topological polar surface area (TPSA) is 57.5 Å². The highest BCUT2D eigenvalue weighted by atomic mass is 16.3. The van der Waals surface area contributed by atoms with Crippen LogP contribution in [-0.2, 0) is 4.79 Å². The third kappa shape index (κ3) is 1.94. The van der Waals surface area contributed by atoms with Crippen molar-refractivity contribution in [1.29, 1.82) is 0 Å². The number of aliphatic hydroxyl groups is 2. The summed E-state index contributed by atoms with van der Waals surface area (Å²) in [6.07, 6.45) is 1.55. The summed E-state index contributed by atoms with van der Waals surface area (Å²) in [5, 5.41) is 20.8. The molecule has 0 saturated heterocycles. The van der Waals surface area contributed by atoms with Crippen molar-refractivity contribution in [2.45, 2.75) is 58.2 Å². The monoisotopic (exact) mass is 252 g/mol. The van der Waals surface area contributed by atoms with Gasteiger partial charge in [-0.1, -0.05) is 19.1 Å². The summed E-state index contributed by atoms with van der Waals surface area (Å²) in [7, 11) is 0. The molecule has 2 fully saturated rings. The van der Waals surface area contributed by atoms with Gasteiger partial charge in [0.1, 0.15) is 5.78 Å². The molecule has 5 unspecified atom stereocenters. The molecule has 0 aromatic heterocycles. The smallest absolute Gasteiger partial charge is 0.139 e. The van der Waals surface area contributed by atoms with E-state index in [9.17, 15) is 15.0 Å². The molecule has 0 aromatic rings. The maximum atomic E-state index is 12.2. The summed E-state index contributed by atoms with van der Waals surface area (Å²) in [4.78, 5) is 12.2. The predicted molar refractivity (Wildman–Crippen MR) is 70.0 cm³/mol. The van der Waals surface area contributed by atoms with E-state index < -0.39 is 17.1 Å². The summed E-state index contributed by atoms with van der Waals surface area (Å²) in [5.41, 5.74) is -0.442. The van der Waals surface area contributed by atoms with Crippen molar-refractivity contribution in [1.82, 2.24) is 0 Å². The molecule has 5 atom stereocenters. The van der Waals surface area contributed by atoms with E-state index in [1.807, 2.05) is 20.8 Å². The molecule has 0 aliphatic heterocycles. The number of hydrogen-bond acceptors (Lipinski definition) is 3. The van der Waals surface area contributed by atoms with E-state index in [1.54, 1.807) is 0 Å². The number of Topliss-reactive ketones (excluding diaryl/α,β-unsaturated/α-hetero) is 1. The molecule has 3 nitrogen and oxygen atoms in total.